The fraction of sp³-hybridized carbons (Fsp3) is 0.455. The lowest BCUT2D eigenvalue weighted by Gasteiger charge is -1.99. The largest absolute Gasteiger partial charge is 0.395 e. The van der Waals surface area contributed by atoms with Crippen LogP contribution in [0, 0.1) is 0 Å². The van der Waals surface area contributed by atoms with Crippen molar-refractivity contribution >= 4 is 21.2 Å². The van der Waals surface area contributed by atoms with Crippen LogP contribution in [-0.2, 0) is 16.3 Å². The SMILES string of the molecule is O=S(=O)(CCO)CCCc1nc(-c2cccs2)no1. The van der Waals surface area contributed by atoms with Crippen LogP contribution in [0.3, 0.4) is 0 Å². The lowest BCUT2D eigenvalue weighted by Crippen LogP contribution is -2.14. The van der Waals surface area contributed by atoms with Gasteiger partial charge in [-0.15, -0.1) is 11.3 Å². The lowest BCUT2D eigenvalue weighted by molar-refractivity contribution is 0.319. The first kappa shape index (κ1) is 14.2. The summed E-state index contributed by atoms with van der Waals surface area (Å²) < 4.78 is 27.8. The number of hydrogen-bond donors (Lipinski definition) is 1. The van der Waals surface area contributed by atoms with Crippen LogP contribution in [0.15, 0.2) is 22.0 Å². The number of thiophene rings is 1. The number of aromatic nitrogens is 2. The molecule has 0 aliphatic carbocycles. The van der Waals surface area contributed by atoms with Gasteiger partial charge in [0.25, 0.3) is 0 Å². The Hall–Kier alpha value is -1.25. The highest BCUT2D eigenvalue weighted by Crippen LogP contribution is 2.21. The van der Waals surface area contributed by atoms with Gasteiger partial charge < -0.3 is 9.63 Å². The Labute approximate surface area is 115 Å². The predicted octanol–water partition coefficient (Wildman–Crippen LogP) is 1.14. The van der Waals surface area contributed by atoms with E-state index in [9.17, 15) is 8.42 Å². The Bertz CT molecular complexity index is 604. The average Bonchev–Trinajstić information content (AvgIpc) is 2.98. The molecule has 0 spiro atoms. The highest BCUT2D eigenvalue weighted by molar-refractivity contribution is 7.91. The molecule has 6 nitrogen and oxygen atoms in total. The summed E-state index contributed by atoms with van der Waals surface area (Å²) in [5.74, 6) is 0.785. The minimum atomic E-state index is -3.18. The molecule has 19 heavy (non-hydrogen) atoms. The van der Waals surface area contributed by atoms with Gasteiger partial charge >= 0.3 is 0 Å². The zero-order valence-electron chi connectivity index (χ0n) is 10.2. The third-order valence-electron chi connectivity index (χ3n) is 2.46. The first-order valence-electron chi connectivity index (χ1n) is 5.78. The molecule has 0 aromatic carbocycles. The lowest BCUT2D eigenvalue weighted by atomic mass is 10.3. The van der Waals surface area contributed by atoms with E-state index >= 15 is 0 Å². The van der Waals surface area contributed by atoms with E-state index in [1.165, 1.54) is 11.3 Å². The number of aliphatic hydroxyl groups is 1. The molecule has 2 aromatic rings. The van der Waals surface area contributed by atoms with Gasteiger partial charge in [0.15, 0.2) is 9.84 Å². The summed E-state index contributed by atoms with van der Waals surface area (Å²) in [4.78, 5) is 5.13. The summed E-state index contributed by atoms with van der Waals surface area (Å²) in [6, 6.07) is 3.79. The highest BCUT2D eigenvalue weighted by Gasteiger charge is 2.12. The van der Waals surface area contributed by atoms with Crippen molar-refractivity contribution in [3.05, 3.63) is 23.4 Å². The molecule has 8 heteroatoms. The second-order valence-corrected chi connectivity index (χ2v) is 7.22. The smallest absolute Gasteiger partial charge is 0.227 e. The first-order chi connectivity index (χ1) is 9.11. The van der Waals surface area contributed by atoms with E-state index < -0.39 is 9.84 Å². The Morgan fingerprint density at radius 2 is 2.21 bits per heavy atom. The van der Waals surface area contributed by atoms with Gasteiger partial charge in [-0.25, -0.2) is 8.42 Å². The summed E-state index contributed by atoms with van der Waals surface area (Å²) in [5.41, 5.74) is 0. The van der Waals surface area contributed by atoms with Crippen molar-refractivity contribution in [1.82, 2.24) is 10.1 Å². The van der Waals surface area contributed by atoms with Gasteiger partial charge in [0.05, 0.1) is 23.0 Å². The summed E-state index contributed by atoms with van der Waals surface area (Å²) >= 11 is 1.52. The van der Waals surface area contributed by atoms with Crippen molar-refractivity contribution in [2.75, 3.05) is 18.1 Å². The average molecular weight is 302 g/mol. The molecular formula is C11H14N2O4S2. The van der Waals surface area contributed by atoms with Gasteiger partial charge in [-0.1, -0.05) is 11.2 Å². The molecule has 0 bridgehead atoms. The van der Waals surface area contributed by atoms with Gasteiger partial charge in [-0.3, -0.25) is 0 Å². The molecule has 2 rings (SSSR count). The molecule has 0 saturated carbocycles. The van der Waals surface area contributed by atoms with Crippen molar-refractivity contribution in [3.8, 4) is 10.7 Å². The molecule has 0 amide bonds. The minimum absolute atomic E-state index is 0.0181. The van der Waals surface area contributed by atoms with E-state index in [0.29, 0.717) is 24.6 Å². The number of rotatable bonds is 7. The maximum absolute atomic E-state index is 11.4. The monoisotopic (exact) mass is 302 g/mol. The van der Waals surface area contributed by atoms with Crippen LogP contribution in [0.25, 0.3) is 10.7 Å². The molecule has 1 N–H and O–H groups in total. The van der Waals surface area contributed by atoms with Crippen molar-refractivity contribution in [2.24, 2.45) is 0 Å². The van der Waals surface area contributed by atoms with Crippen molar-refractivity contribution < 1.29 is 18.0 Å². The van der Waals surface area contributed by atoms with Crippen LogP contribution in [0.2, 0.25) is 0 Å². The number of sulfone groups is 1. The van der Waals surface area contributed by atoms with Gasteiger partial charge in [0.2, 0.25) is 11.7 Å². The van der Waals surface area contributed by atoms with Crippen LogP contribution < -0.4 is 0 Å². The zero-order valence-corrected chi connectivity index (χ0v) is 11.8. The maximum Gasteiger partial charge on any atom is 0.227 e. The molecule has 0 radical (unpaired) electrons. The van der Waals surface area contributed by atoms with E-state index in [-0.39, 0.29) is 18.1 Å². The quantitative estimate of drug-likeness (QED) is 0.824. The molecular weight excluding hydrogens is 288 g/mol. The number of aliphatic hydroxyl groups excluding tert-OH is 1. The van der Waals surface area contributed by atoms with Crippen molar-refractivity contribution in [2.45, 2.75) is 12.8 Å². The molecule has 0 atom stereocenters. The fourth-order valence-corrected chi connectivity index (χ4v) is 3.26. The molecule has 2 aromatic heterocycles. The summed E-state index contributed by atoms with van der Waals surface area (Å²) in [5, 5.41) is 14.4. The number of hydrogen-bond acceptors (Lipinski definition) is 7. The van der Waals surface area contributed by atoms with Gasteiger partial charge in [0.1, 0.15) is 0 Å². The van der Waals surface area contributed by atoms with Crippen LogP contribution in [0.1, 0.15) is 12.3 Å². The molecule has 0 unspecified atom stereocenters. The summed E-state index contributed by atoms with van der Waals surface area (Å²) in [6.45, 7) is -0.342. The van der Waals surface area contributed by atoms with E-state index in [4.69, 9.17) is 9.63 Å². The van der Waals surface area contributed by atoms with Gasteiger partial charge in [-0.05, 0) is 17.9 Å². The molecule has 2 heterocycles. The number of aryl methyl sites for hydroxylation is 1. The Kier molecular flexibility index (Phi) is 4.67. The van der Waals surface area contributed by atoms with E-state index in [0.717, 1.165) is 4.88 Å². The fourth-order valence-electron chi connectivity index (χ4n) is 1.55. The Balaban J connectivity index is 1.88. The Morgan fingerprint density at radius 1 is 1.37 bits per heavy atom. The van der Waals surface area contributed by atoms with Crippen molar-refractivity contribution in [1.29, 1.82) is 0 Å². The van der Waals surface area contributed by atoms with E-state index in [2.05, 4.69) is 10.1 Å². The zero-order chi connectivity index (χ0) is 13.7. The van der Waals surface area contributed by atoms with Crippen molar-refractivity contribution in [3.63, 3.8) is 0 Å². The Morgan fingerprint density at radius 3 is 2.89 bits per heavy atom. The summed E-state index contributed by atoms with van der Waals surface area (Å²) in [6.07, 6.45) is 0.831. The third-order valence-corrected chi connectivity index (χ3v) is 5.04. The minimum Gasteiger partial charge on any atom is -0.395 e. The topological polar surface area (TPSA) is 93.3 Å². The first-order valence-corrected chi connectivity index (χ1v) is 8.48. The third kappa shape index (κ3) is 4.12. The molecule has 0 fully saturated rings. The molecule has 0 saturated heterocycles. The van der Waals surface area contributed by atoms with Gasteiger partial charge in [-0.2, -0.15) is 4.98 Å². The molecule has 0 aliphatic rings. The van der Waals surface area contributed by atoms with Crippen LogP contribution in [0.5, 0.6) is 0 Å². The standard InChI is InChI=1S/C11H14N2O4S2/c14-5-8-19(15,16)7-2-4-10-12-11(13-17-10)9-3-1-6-18-9/h1,3,6,14H,2,4-5,7-8H2. The van der Waals surface area contributed by atoms with Crippen LogP contribution in [-0.4, -0.2) is 41.8 Å². The van der Waals surface area contributed by atoms with Crippen LogP contribution >= 0.6 is 11.3 Å². The second kappa shape index (κ2) is 6.27. The van der Waals surface area contributed by atoms with Gasteiger partial charge in [0, 0.05) is 6.42 Å². The van der Waals surface area contributed by atoms with E-state index in [1.807, 2.05) is 17.5 Å². The van der Waals surface area contributed by atoms with Crippen LogP contribution in [0.4, 0.5) is 0 Å². The molecule has 0 aliphatic heterocycles. The second-order valence-electron chi connectivity index (χ2n) is 3.97. The predicted molar refractivity (Wildman–Crippen MR) is 71.7 cm³/mol. The normalized spacial score (nSPS) is 11.8. The molecule has 104 valence electrons. The highest BCUT2D eigenvalue weighted by atomic mass is 32.2. The van der Waals surface area contributed by atoms with E-state index in [1.54, 1.807) is 0 Å². The number of nitrogens with zero attached hydrogens (tertiary/aromatic N) is 2. The summed E-state index contributed by atoms with van der Waals surface area (Å²) in [7, 11) is -3.18. The maximum atomic E-state index is 11.4.